The monoisotopic (exact) mass is 356 g/mol. The molecule has 3 aromatic rings. The maximum Gasteiger partial charge on any atom is 0.154 e. The van der Waals surface area contributed by atoms with Crippen LogP contribution >= 0.6 is 0 Å². The third kappa shape index (κ3) is 2.91. The van der Waals surface area contributed by atoms with Gasteiger partial charge in [-0.3, -0.25) is 15.7 Å². The number of fused-ring (bicyclic) bond motifs is 2. The van der Waals surface area contributed by atoms with Crippen LogP contribution in [0.15, 0.2) is 66.9 Å². The van der Waals surface area contributed by atoms with Gasteiger partial charge in [-0.2, -0.15) is 0 Å². The zero-order valence-electron chi connectivity index (χ0n) is 15.2. The summed E-state index contributed by atoms with van der Waals surface area (Å²) in [5.41, 5.74) is 4.01. The Balaban J connectivity index is 1.82. The van der Waals surface area contributed by atoms with Gasteiger partial charge in [-0.15, -0.1) is 0 Å². The molecule has 1 aliphatic rings. The normalized spacial score (nSPS) is 12.5. The highest BCUT2D eigenvalue weighted by Crippen LogP contribution is 2.34. The number of amidine groups is 2. The molecular weight excluding hydrogens is 336 g/mol. The van der Waals surface area contributed by atoms with Gasteiger partial charge in [0.2, 0.25) is 0 Å². The molecule has 0 radical (unpaired) electrons. The first-order chi connectivity index (χ1) is 13.1. The molecule has 0 saturated carbocycles. The molecule has 0 saturated heterocycles. The predicted octanol–water partition coefficient (Wildman–Crippen LogP) is 4.06. The highest BCUT2D eigenvalue weighted by atomic mass is 15.2. The van der Waals surface area contributed by atoms with E-state index in [0.29, 0.717) is 11.5 Å². The van der Waals surface area contributed by atoms with Crippen molar-refractivity contribution in [3.63, 3.8) is 0 Å². The van der Waals surface area contributed by atoms with E-state index in [1.54, 1.807) is 11.1 Å². The molecule has 134 valence electrons. The summed E-state index contributed by atoms with van der Waals surface area (Å²) in [5.74, 6) is 1.10. The van der Waals surface area contributed by atoms with E-state index in [1.165, 1.54) is 0 Å². The van der Waals surface area contributed by atoms with Crippen molar-refractivity contribution in [2.45, 2.75) is 0 Å². The number of rotatable bonds is 2. The third-order valence-electron chi connectivity index (χ3n) is 4.57. The highest BCUT2D eigenvalue weighted by Gasteiger charge is 2.28. The lowest BCUT2D eigenvalue weighted by Gasteiger charge is -2.25. The minimum absolute atomic E-state index is 0.234. The summed E-state index contributed by atoms with van der Waals surface area (Å²) in [5, 5.41) is 20.9. The number of para-hydroxylation sites is 1. The first-order valence-corrected chi connectivity index (χ1v) is 8.62. The first kappa shape index (κ1) is 16.8. The number of hydrogen-bond donors (Lipinski definition) is 3. The minimum atomic E-state index is 0.234. The largest absolute Gasteiger partial charge is 0.378 e. The van der Waals surface area contributed by atoms with Crippen LogP contribution in [-0.2, 0) is 0 Å². The van der Waals surface area contributed by atoms with Crippen molar-refractivity contribution in [1.29, 1.82) is 10.8 Å². The average Bonchev–Trinajstić information content (AvgIpc) is 2.81. The molecule has 0 amide bonds. The van der Waals surface area contributed by atoms with Crippen molar-refractivity contribution in [1.82, 2.24) is 4.98 Å². The van der Waals surface area contributed by atoms with Gasteiger partial charge < -0.3 is 10.2 Å². The predicted molar refractivity (Wildman–Crippen MR) is 111 cm³/mol. The fraction of sp³-hybridized carbons (Fsp3) is 0.0952. The van der Waals surface area contributed by atoms with Crippen LogP contribution in [0, 0.1) is 10.8 Å². The molecule has 1 aliphatic heterocycles. The Kier molecular flexibility index (Phi) is 4.08. The van der Waals surface area contributed by atoms with Gasteiger partial charge in [-0.05, 0) is 48.5 Å². The summed E-state index contributed by atoms with van der Waals surface area (Å²) in [6.45, 7) is 0. The van der Waals surface area contributed by atoms with Crippen LogP contribution in [0.25, 0.3) is 0 Å². The number of pyridine rings is 1. The number of nitrogens with zero attached hydrogens (tertiary/aromatic N) is 3. The van der Waals surface area contributed by atoms with Crippen LogP contribution in [0.5, 0.6) is 0 Å². The molecular formula is C21H20N6. The van der Waals surface area contributed by atoms with E-state index in [0.717, 1.165) is 22.5 Å². The molecule has 1 aromatic heterocycles. The minimum Gasteiger partial charge on any atom is -0.378 e. The molecule has 0 atom stereocenters. The van der Waals surface area contributed by atoms with Crippen molar-refractivity contribution in [2.24, 2.45) is 0 Å². The molecule has 27 heavy (non-hydrogen) atoms. The molecule has 0 spiro atoms. The number of hydrogen-bond acceptors (Lipinski definition) is 5. The third-order valence-corrected chi connectivity index (χ3v) is 4.57. The van der Waals surface area contributed by atoms with E-state index in [-0.39, 0.29) is 11.7 Å². The summed E-state index contributed by atoms with van der Waals surface area (Å²) in [6, 6.07) is 19.1. The van der Waals surface area contributed by atoms with Crippen LogP contribution in [0.3, 0.4) is 0 Å². The fourth-order valence-corrected chi connectivity index (χ4v) is 3.12. The Bertz CT molecular complexity index is 1020. The number of benzene rings is 2. The average molecular weight is 356 g/mol. The van der Waals surface area contributed by atoms with Crippen LogP contribution < -0.4 is 15.1 Å². The Hall–Kier alpha value is -3.67. The maximum absolute atomic E-state index is 8.82. The van der Waals surface area contributed by atoms with Gasteiger partial charge in [0.15, 0.2) is 5.82 Å². The summed E-state index contributed by atoms with van der Waals surface area (Å²) < 4.78 is 0. The SMILES string of the molecule is CN(C)c1ccc(C(=N)N2C(=N)c3ccccc3Nc3ncccc32)cc1. The summed E-state index contributed by atoms with van der Waals surface area (Å²) >= 11 is 0. The quantitative estimate of drug-likeness (QED) is 0.478. The van der Waals surface area contributed by atoms with Gasteiger partial charge in [-0.25, -0.2) is 4.98 Å². The van der Waals surface area contributed by atoms with Gasteiger partial charge in [0.1, 0.15) is 11.7 Å². The Labute approximate surface area is 158 Å². The molecule has 0 aliphatic carbocycles. The summed E-state index contributed by atoms with van der Waals surface area (Å²) in [6.07, 6.45) is 1.71. The van der Waals surface area contributed by atoms with E-state index in [4.69, 9.17) is 10.8 Å². The number of nitrogens with one attached hydrogen (secondary N) is 3. The van der Waals surface area contributed by atoms with Crippen LogP contribution in [0.4, 0.5) is 22.9 Å². The van der Waals surface area contributed by atoms with Gasteiger partial charge >= 0.3 is 0 Å². The lowest BCUT2D eigenvalue weighted by Crippen LogP contribution is -2.36. The van der Waals surface area contributed by atoms with Crippen molar-refractivity contribution in [3.8, 4) is 0 Å². The second-order valence-corrected chi connectivity index (χ2v) is 6.52. The molecule has 6 nitrogen and oxygen atoms in total. The number of aromatic nitrogens is 1. The zero-order valence-corrected chi connectivity index (χ0v) is 15.2. The number of anilines is 4. The molecule has 2 heterocycles. The second-order valence-electron chi connectivity index (χ2n) is 6.52. The van der Waals surface area contributed by atoms with E-state index in [1.807, 2.05) is 79.7 Å². The molecule has 0 bridgehead atoms. The standard InChI is InChI=1S/C21H20N6/c1-26(2)15-11-9-14(10-12-15)19(22)27-18-8-5-13-24-21(18)25-17-7-4-3-6-16(17)20(27)23/h3-13,22-23H,1-2H3,(H,24,25). The van der Waals surface area contributed by atoms with E-state index >= 15 is 0 Å². The van der Waals surface area contributed by atoms with E-state index < -0.39 is 0 Å². The van der Waals surface area contributed by atoms with Gasteiger partial charge in [-0.1, -0.05) is 12.1 Å². The van der Waals surface area contributed by atoms with Gasteiger partial charge in [0.05, 0.1) is 11.4 Å². The lowest BCUT2D eigenvalue weighted by molar-refractivity contribution is 1.13. The van der Waals surface area contributed by atoms with E-state index in [2.05, 4.69) is 10.3 Å². The van der Waals surface area contributed by atoms with Crippen molar-refractivity contribution in [2.75, 3.05) is 29.2 Å². The Morgan fingerprint density at radius 3 is 2.48 bits per heavy atom. The van der Waals surface area contributed by atoms with Crippen molar-refractivity contribution >= 4 is 34.6 Å². The molecule has 0 fully saturated rings. The second kappa shape index (κ2) is 6.57. The van der Waals surface area contributed by atoms with Crippen molar-refractivity contribution in [3.05, 3.63) is 78.0 Å². The molecule has 0 unspecified atom stereocenters. The maximum atomic E-state index is 8.82. The van der Waals surface area contributed by atoms with Gasteiger partial charge in [0.25, 0.3) is 0 Å². The van der Waals surface area contributed by atoms with Crippen LogP contribution in [-0.4, -0.2) is 30.8 Å². The molecule has 3 N–H and O–H groups in total. The van der Waals surface area contributed by atoms with Crippen LogP contribution in [0.2, 0.25) is 0 Å². The highest BCUT2D eigenvalue weighted by molar-refractivity contribution is 6.30. The molecule has 4 rings (SSSR count). The summed E-state index contributed by atoms with van der Waals surface area (Å²) in [7, 11) is 3.96. The first-order valence-electron chi connectivity index (χ1n) is 8.62. The zero-order chi connectivity index (χ0) is 19.0. The van der Waals surface area contributed by atoms with E-state index in [9.17, 15) is 0 Å². The summed E-state index contributed by atoms with van der Waals surface area (Å²) in [4.78, 5) is 8.07. The smallest absolute Gasteiger partial charge is 0.154 e. The Morgan fingerprint density at radius 1 is 1.00 bits per heavy atom. The van der Waals surface area contributed by atoms with Crippen LogP contribution in [0.1, 0.15) is 11.1 Å². The van der Waals surface area contributed by atoms with Gasteiger partial charge in [0, 0.05) is 37.1 Å². The fourth-order valence-electron chi connectivity index (χ4n) is 3.12. The molecule has 6 heteroatoms. The lowest BCUT2D eigenvalue weighted by atomic mass is 10.1. The molecule has 2 aromatic carbocycles. The topological polar surface area (TPSA) is 79.1 Å². The van der Waals surface area contributed by atoms with Crippen molar-refractivity contribution < 1.29 is 0 Å². The Morgan fingerprint density at radius 2 is 1.74 bits per heavy atom.